The molecule has 1 heterocycles. The fourth-order valence-corrected chi connectivity index (χ4v) is 3.99. The predicted molar refractivity (Wildman–Crippen MR) is 84.9 cm³/mol. The second kappa shape index (κ2) is 6.16. The van der Waals surface area contributed by atoms with Crippen molar-refractivity contribution in [1.29, 1.82) is 0 Å². The molecule has 1 aliphatic rings. The van der Waals surface area contributed by atoms with Crippen LogP contribution in [0.5, 0.6) is 0 Å². The Labute approximate surface area is 137 Å². The van der Waals surface area contributed by atoms with Crippen LogP contribution in [0.15, 0.2) is 23.4 Å². The summed E-state index contributed by atoms with van der Waals surface area (Å²) in [5.74, 6) is 0.634. The number of aliphatic hydroxyl groups excluding tert-OH is 1. The van der Waals surface area contributed by atoms with Gasteiger partial charge in [-0.2, -0.15) is 0 Å². The van der Waals surface area contributed by atoms with E-state index in [9.17, 15) is 5.11 Å². The number of aromatic nitrogens is 3. The molecule has 1 saturated carbocycles. The SMILES string of the molecule is CC(Sc1nnc(CO)n1C1CC1)c1ccc(Cl)cc1Cl. The van der Waals surface area contributed by atoms with Gasteiger partial charge in [0, 0.05) is 21.3 Å². The van der Waals surface area contributed by atoms with Crippen molar-refractivity contribution in [2.45, 2.75) is 42.8 Å². The molecule has 0 amide bonds. The summed E-state index contributed by atoms with van der Waals surface area (Å²) >= 11 is 13.8. The maximum atomic E-state index is 9.37. The standard InChI is InChI=1S/C14H15Cl2N3OS/c1-8(11-5-2-9(15)6-12(11)16)21-14-18-17-13(7-20)19(14)10-3-4-10/h2,5-6,8,10,20H,3-4,7H2,1H3. The van der Waals surface area contributed by atoms with Crippen molar-refractivity contribution in [3.8, 4) is 0 Å². The molecule has 112 valence electrons. The summed E-state index contributed by atoms with van der Waals surface area (Å²) in [7, 11) is 0. The van der Waals surface area contributed by atoms with Crippen LogP contribution in [0.1, 0.15) is 42.4 Å². The van der Waals surface area contributed by atoms with Crippen molar-refractivity contribution in [3.63, 3.8) is 0 Å². The van der Waals surface area contributed by atoms with E-state index in [1.807, 2.05) is 16.7 Å². The van der Waals surface area contributed by atoms with Crippen LogP contribution < -0.4 is 0 Å². The lowest BCUT2D eigenvalue weighted by atomic mass is 10.2. The van der Waals surface area contributed by atoms with Gasteiger partial charge in [-0.05, 0) is 37.5 Å². The Morgan fingerprint density at radius 1 is 1.38 bits per heavy atom. The summed E-state index contributed by atoms with van der Waals surface area (Å²) in [5.41, 5.74) is 1.02. The number of hydrogen-bond acceptors (Lipinski definition) is 4. The van der Waals surface area contributed by atoms with Gasteiger partial charge >= 0.3 is 0 Å². The Morgan fingerprint density at radius 2 is 2.14 bits per heavy atom. The molecule has 1 fully saturated rings. The minimum absolute atomic E-state index is 0.0832. The molecule has 0 bridgehead atoms. The van der Waals surface area contributed by atoms with Crippen LogP contribution in [-0.2, 0) is 6.61 Å². The number of thioether (sulfide) groups is 1. The van der Waals surface area contributed by atoms with Crippen molar-refractivity contribution in [2.24, 2.45) is 0 Å². The Balaban J connectivity index is 1.84. The molecule has 1 aromatic carbocycles. The van der Waals surface area contributed by atoms with E-state index in [4.69, 9.17) is 23.2 Å². The van der Waals surface area contributed by atoms with E-state index in [-0.39, 0.29) is 11.9 Å². The number of rotatable bonds is 5. The molecule has 7 heteroatoms. The quantitative estimate of drug-likeness (QED) is 0.823. The maximum absolute atomic E-state index is 9.37. The van der Waals surface area contributed by atoms with Crippen molar-refractivity contribution >= 4 is 35.0 Å². The zero-order chi connectivity index (χ0) is 15.0. The molecule has 2 aromatic rings. The highest BCUT2D eigenvalue weighted by Gasteiger charge is 2.30. The summed E-state index contributed by atoms with van der Waals surface area (Å²) < 4.78 is 2.05. The van der Waals surface area contributed by atoms with Gasteiger partial charge in [0.1, 0.15) is 6.61 Å². The molecular formula is C14H15Cl2N3OS. The summed E-state index contributed by atoms with van der Waals surface area (Å²) in [4.78, 5) is 0. The highest BCUT2D eigenvalue weighted by atomic mass is 35.5. The molecular weight excluding hydrogens is 329 g/mol. The molecule has 0 aliphatic heterocycles. The summed E-state index contributed by atoms with van der Waals surface area (Å²) in [6, 6.07) is 5.95. The molecule has 1 aliphatic carbocycles. The van der Waals surface area contributed by atoms with E-state index in [0.717, 1.165) is 23.6 Å². The molecule has 0 saturated heterocycles. The monoisotopic (exact) mass is 343 g/mol. The minimum atomic E-state index is -0.0832. The van der Waals surface area contributed by atoms with Crippen LogP contribution >= 0.6 is 35.0 Å². The van der Waals surface area contributed by atoms with Gasteiger partial charge in [-0.3, -0.25) is 0 Å². The first-order valence-electron chi connectivity index (χ1n) is 6.76. The van der Waals surface area contributed by atoms with E-state index >= 15 is 0 Å². The molecule has 21 heavy (non-hydrogen) atoms. The third-order valence-electron chi connectivity index (χ3n) is 3.47. The Kier molecular flexibility index (Phi) is 4.45. The minimum Gasteiger partial charge on any atom is -0.388 e. The molecule has 0 radical (unpaired) electrons. The van der Waals surface area contributed by atoms with E-state index in [2.05, 4.69) is 17.1 Å². The van der Waals surface area contributed by atoms with Gasteiger partial charge in [-0.25, -0.2) is 0 Å². The van der Waals surface area contributed by atoms with Crippen LogP contribution in [0.2, 0.25) is 10.0 Å². The van der Waals surface area contributed by atoms with E-state index in [1.165, 1.54) is 0 Å². The second-order valence-corrected chi connectivity index (χ2v) is 7.24. The highest BCUT2D eigenvalue weighted by Crippen LogP contribution is 2.43. The number of nitrogens with zero attached hydrogens (tertiary/aromatic N) is 3. The number of hydrogen-bond donors (Lipinski definition) is 1. The lowest BCUT2D eigenvalue weighted by Gasteiger charge is -2.14. The Hall–Kier alpha value is -0.750. The molecule has 1 unspecified atom stereocenters. The van der Waals surface area contributed by atoms with Crippen molar-refractivity contribution in [1.82, 2.24) is 14.8 Å². The lowest BCUT2D eigenvalue weighted by Crippen LogP contribution is -2.03. The van der Waals surface area contributed by atoms with E-state index in [0.29, 0.717) is 21.9 Å². The summed E-state index contributed by atoms with van der Waals surface area (Å²) in [6.45, 7) is 1.99. The largest absolute Gasteiger partial charge is 0.388 e. The van der Waals surface area contributed by atoms with Crippen LogP contribution in [0.3, 0.4) is 0 Å². The maximum Gasteiger partial charge on any atom is 0.192 e. The molecule has 3 rings (SSSR count). The first kappa shape index (κ1) is 15.2. The second-order valence-electron chi connectivity index (χ2n) is 5.08. The van der Waals surface area contributed by atoms with Gasteiger partial charge < -0.3 is 9.67 Å². The third-order valence-corrected chi connectivity index (χ3v) is 5.13. The topological polar surface area (TPSA) is 50.9 Å². The van der Waals surface area contributed by atoms with Gasteiger partial charge in [-0.1, -0.05) is 41.0 Å². The Bertz CT molecular complexity index is 658. The number of halogens is 2. The first-order valence-corrected chi connectivity index (χ1v) is 8.40. The average molecular weight is 344 g/mol. The van der Waals surface area contributed by atoms with Crippen molar-refractivity contribution in [2.75, 3.05) is 0 Å². The third kappa shape index (κ3) is 3.21. The zero-order valence-electron chi connectivity index (χ0n) is 11.5. The molecule has 1 atom stereocenters. The molecule has 4 nitrogen and oxygen atoms in total. The first-order chi connectivity index (χ1) is 10.1. The lowest BCUT2D eigenvalue weighted by molar-refractivity contribution is 0.263. The molecule has 0 spiro atoms. The zero-order valence-corrected chi connectivity index (χ0v) is 13.8. The normalized spacial score (nSPS) is 16.2. The molecule has 1 aromatic heterocycles. The molecule has 1 N–H and O–H groups in total. The van der Waals surface area contributed by atoms with Gasteiger partial charge in [0.25, 0.3) is 0 Å². The number of aliphatic hydroxyl groups is 1. The summed E-state index contributed by atoms with van der Waals surface area (Å²) in [6.07, 6.45) is 2.24. The smallest absolute Gasteiger partial charge is 0.192 e. The number of benzene rings is 1. The van der Waals surface area contributed by atoms with Crippen LogP contribution in [0, 0.1) is 0 Å². The fraction of sp³-hybridized carbons (Fsp3) is 0.429. The van der Waals surface area contributed by atoms with Crippen molar-refractivity contribution in [3.05, 3.63) is 39.6 Å². The predicted octanol–water partition coefficient (Wildman–Crippen LogP) is 4.27. The van der Waals surface area contributed by atoms with Gasteiger partial charge in [0.05, 0.1) is 0 Å². The van der Waals surface area contributed by atoms with Gasteiger partial charge in [0.15, 0.2) is 11.0 Å². The summed E-state index contributed by atoms with van der Waals surface area (Å²) in [5, 5.41) is 19.9. The van der Waals surface area contributed by atoms with Crippen molar-refractivity contribution < 1.29 is 5.11 Å². The van der Waals surface area contributed by atoms with E-state index in [1.54, 1.807) is 17.8 Å². The van der Waals surface area contributed by atoms with Crippen LogP contribution in [0.25, 0.3) is 0 Å². The highest BCUT2D eigenvalue weighted by molar-refractivity contribution is 7.99. The van der Waals surface area contributed by atoms with Crippen LogP contribution in [-0.4, -0.2) is 19.9 Å². The van der Waals surface area contributed by atoms with Crippen LogP contribution in [0.4, 0.5) is 0 Å². The Morgan fingerprint density at radius 3 is 2.76 bits per heavy atom. The van der Waals surface area contributed by atoms with Gasteiger partial charge in [0.2, 0.25) is 0 Å². The average Bonchev–Trinajstić information content (AvgIpc) is 3.20. The fourth-order valence-electron chi connectivity index (χ4n) is 2.25. The van der Waals surface area contributed by atoms with Gasteiger partial charge in [-0.15, -0.1) is 10.2 Å². The van der Waals surface area contributed by atoms with E-state index < -0.39 is 0 Å².